The van der Waals surface area contributed by atoms with E-state index in [1.807, 2.05) is 0 Å². The summed E-state index contributed by atoms with van der Waals surface area (Å²) in [6.45, 7) is -0.697. The van der Waals surface area contributed by atoms with Gasteiger partial charge in [-0.2, -0.15) is 26.3 Å². The number of alkyl halides is 7. The van der Waals surface area contributed by atoms with Crippen LogP contribution in [0.4, 0.5) is 30.7 Å². The Labute approximate surface area is 220 Å². The maximum atomic E-state index is 15.2. The quantitative estimate of drug-likeness (QED) is 0.373. The molecule has 0 aliphatic carbocycles. The number of nitrogens with zero attached hydrogens (tertiary/aromatic N) is 2. The Hall–Kier alpha value is -3.06. The van der Waals surface area contributed by atoms with Gasteiger partial charge in [-0.3, -0.25) is 9.59 Å². The monoisotopic (exact) mass is 585 g/mol. The molecule has 15 heteroatoms. The minimum absolute atomic E-state index is 0.0977. The van der Waals surface area contributed by atoms with Crippen LogP contribution < -0.4 is 5.73 Å². The Morgan fingerprint density at radius 1 is 1.03 bits per heavy atom. The fourth-order valence-electron chi connectivity index (χ4n) is 4.23. The zero-order valence-corrected chi connectivity index (χ0v) is 20.4. The first-order valence-electron chi connectivity index (χ1n) is 10.7. The third kappa shape index (κ3) is 4.89. The van der Waals surface area contributed by atoms with Crippen LogP contribution in [-0.2, 0) is 31.9 Å². The molecule has 204 valence electrons. The lowest BCUT2D eigenvalue weighted by Crippen LogP contribution is -2.59. The minimum Gasteiger partial charge on any atom is -0.374 e. The molecule has 0 saturated carbocycles. The highest BCUT2D eigenvalue weighted by molar-refractivity contribution is 6.42. The van der Waals surface area contributed by atoms with Crippen molar-refractivity contribution in [3.05, 3.63) is 68.7 Å². The lowest BCUT2D eigenvalue weighted by atomic mass is 9.84. The van der Waals surface area contributed by atoms with E-state index in [0.717, 1.165) is 4.90 Å². The van der Waals surface area contributed by atoms with Crippen molar-refractivity contribution in [1.82, 2.24) is 4.90 Å². The van der Waals surface area contributed by atoms with Gasteiger partial charge >= 0.3 is 12.4 Å². The first-order valence-corrected chi connectivity index (χ1v) is 11.5. The van der Waals surface area contributed by atoms with Gasteiger partial charge in [-0.05, 0) is 23.3 Å². The second-order valence-corrected chi connectivity index (χ2v) is 9.67. The van der Waals surface area contributed by atoms with E-state index in [0.29, 0.717) is 6.07 Å². The Morgan fingerprint density at radius 2 is 1.63 bits per heavy atom. The third-order valence-electron chi connectivity index (χ3n) is 6.28. The number of primary amides is 1. The van der Waals surface area contributed by atoms with Crippen molar-refractivity contribution in [2.45, 2.75) is 36.5 Å². The van der Waals surface area contributed by atoms with Crippen LogP contribution in [0.3, 0.4) is 0 Å². The van der Waals surface area contributed by atoms with Crippen molar-refractivity contribution in [3.63, 3.8) is 0 Å². The SMILES string of the molecule is NC(=O)CC(=O)N1CC(F)(c2ccc(C3=NOC(c4cc(Cl)c(Cl)c(C(F)(F)F)c4)(C(F)(F)F)C3)cc2)C1. The van der Waals surface area contributed by atoms with E-state index in [4.69, 9.17) is 33.8 Å². The predicted molar refractivity (Wildman–Crippen MR) is 121 cm³/mol. The first kappa shape index (κ1) is 28.0. The molecule has 6 nitrogen and oxygen atoms in total. The van der Waals surface area contributed by atoms with E-state index >= 15 is 4.39 Å². The van der Waals surface area contributed by atoms with Crippen LogP contribution in [0.5, 0.6) is 0 Å². The normalized spacial score (nSPS) is 21.0. The fourth-order valence-corrected chi connectivity index (χ4v) is 4.66. The summed E-state index contributed by atoms with van der Waals surface area (Å²) < 4.78 is 98.0. The van der Waals surface area contributed by atoms with Gasteiger partial charge in [0.1, 0.15) is 6.42 Å². The van der Waals surface area contributed by atoms with Crippen LogP contribution in [-0.4, -0.2) is 41.7 Å². The second kappa shape index (κ2) is 9.30. The number of halogens is 9. The average Bonchev–Trinajstić information content (AvgIpc) is 3.24. The molecule has 1 saturated heterocycles. The van der Waals surface area contributed by atoms with E-state index in [2.05, 4.69) is 5.16 Å². The molecule has 38 heavy (non-hydrogen) atoms. The molecule has 2 aromatic carbocycles. The van der Waals surface area contributed by atoms with Crippen LogP contribution in [0, 0.1) is 0 Å². The smallest absolute Gasteiger partial charge is 0.374 e. The molecule has 0 aromatic heterocycles. The Morgan fingerprint density at radius 3 is 2.16 bits per heavy atom. The number of rotatable bonds is 5. The van der Waals surface area contributed by atoms with E-state index in [1.54, 1.807) is 0 Å². The summed E-state index contributed by atoms with van der Waals surface area (Å²) in [5.74, 6) is -1.50. The summed E-state index contributed by atoms with van der Waals surface area (Å²) in [5.41, 5.74) is -2.84. The van der Waals surface area contributed by atoms with Crippen molar-refractivity contribution in [2.24, 2.45) is 10.9 Å². The van der Waals surface area contributed by atoms with E-state index in [1.165, 1.54) is 24.3 Å². The van der Waals surface area contributed by atoms with Gasteiger partial charge in [0.15, 0.2) is 5.67 Å². The number of amides is 2. The van der Waals surface area contributed by atoms with Crippen LogP contribution in [0.25, 0.3) is 0 Å². The molecule has 2 aromatic rings. The summed E-state index contributed by atoms with van der Waals surface area (Å²) in [5, 5.41) is 1.78. The van der Waals surface area contributed by atoms with Crippen molar-refractivity contribution in [3.8, 4) is 0 Å². The minimum atomic E-state index is -5.21. The number of benzene rings is 2. The lowest BCUT2D eigenvalue weighted by Gasteiger charge is -2.44. The van der Waals surface area contributed by atoms with Crippen LogP contribution in [0.1, 0.15) is 35.1 Å². The molecule has 2 aliphatic heterocycles. The maximum Gasteiger partial charge on any atom is 0.435 e. The van der Waals surface area contributed by atoms with Crippen molar-refractivity contribution < 1.29 is 45.2 Å². The molecule has 0 radical (unpaired) electrons. The zero-order chi connectivity index (χ0) is 28.3. The van der Waals surface area contributed by atoms with Gasteiger partial charge in [0, 0.05) is 12.0 Å². The molecule has 2 amide bonds. The molecule has 0 spiro atoms. The number of nitrogens with two attached hydrogens (primary N) is 1. The molecule has 1 fully saturated rings. The predicted octanol–water partition coefficient (Wildman–Crippen LogP) is 5.48. The molecule has 2 heterocycles. The highest BCUT2D eigenvalue weighted by Gasteiger charge is 2.63. The average molecular weight is 586 g/mol. The largest absolute Gasteiger partial charge is 0.435 e. The van der Waals surface area contributed by atoms with E-state index < -0.39 is 69.5 Å². The Kier molecular flexibility index (Phi) is 6.84. The van der Waals surface area contributed by atoms with Gasteiger partial charge in [-0.1, -0.05) is 52.6 Å². The summed E-state index contributed by atoms with van der Waals surface area (Å²) >= 11 is 11.3. The van der Waals surface area contributed by atoms with Gasteiger partial charge in [0.05, 0.1) is 34.4 Å². The number of carbonyl (C=O) groups excluding carboxylic acids is 2. The zero-order valence-electron chi connectivity index (χ0n) is 18.9. The molecule has 1 atom stereocenters. The summed E-state index contributed by atoms with van der Waals surface area (Å²) in [6, 6.07) is 5.97. The summed E-state index contributed by atoms with van der Waals surface area (Å²) in [7, 11) is 0. The van der Waals surface area contributed by atoms with E-state index in [-0.39, 0.29) is 36.0 Å². The van der Waals surface area contributed by atoms with Gasteiger partial charge in [0.2, 0.25) is 11.8 Å². The Bertz CT molecular complexity index is 1320. The molecule has 4 rings (SSSR count). The highest BCUT2D eigenvalue weighted by Crippen LogP contribution is 2.51. The number of hydrogen-bond acceptors (Lipinski definition) is 4. The van der Waals surface area contributed by atoms with Crippen LogP contribution >= 0.6 is 23.2 Å². The van der Waals surface area contributed by atoms with E-state index in [9.17, 15) is 35.9 Å². The van der Waals surface area contributed by atoms with Gasteiger partial charge in [0.25, 0.3) is 5.60 Å². The van der Waals surface area contributed by atoms with Gasteiger partial charge in [-0.25, -0.2) is 4.39 Å². The fraction of sp³-hybridized carbons (Fsp3) is 0.348. The van der Waals surface area contributed by atoms with Crippen LogP contribution in [0.2, 0.25) is 10.0 Å². The molecule has 0 bridgehead atoms. The lowest BCUT2D eigenvalue weighted by molar-refractivity contribution is -0.276. The van der Waals surface area contributed by atoms with Gasteiger partial charge < -0.3 is 15.5 Å². The summed E-state index contributed by atoms with van der Waals surface area (Å²) in [6.07, 6.45) is -11.9. The molecular weight excluding hydrogens is 570 g/mol. The highest BCUT2D eigenvalue weighted by atomic mass is 35.5. The summed E-state index contributed by atoms with van der Waals surface area (Å²) in [4.78, 5) is 28.5. The number of likely N-dealkylation sites (tertiary alicyclic amines) is 1. The third-order valence-corrected chi connectivity index (χ3v) is 7.08. The van der Waals surface area contributed by atoms with Gasteiger partial charge in [-0.15, -0.1) is 0 Å². The maximum absolute atomic E-state index is 15.2. The van der Waals surface area contributed by atoms with Crippen LogP contribution in [0.15, 0.2) is 41.6 Å². The molecule has 1 unspecified atom stereocenters. The topological polar surface area (TPSA) is 85.0 Å². The molecule has 2 N–H and O–H groups in total. The molecule has 2 aliphatic rings. The van der Waals surface area contributed by atoms with Crippen molar-refractivity contribution in [1.29, 1.82) is 0 Å². The number of carbonyl (C=O) groups is 2. The second-order valence-electron chi connectivity index (χ2n) is 8.88. The number of hydrogen-bond donors (Lipinski definition) is 1. The van der Waals surface area contributed by atoms with Crippen molar-refractivity contribution >= 4 is 40.7 Å². The van der Waals surface area contributed by atoms with Crippen molar-refractivity contribution in [2.75, 3.05) is 13.1 Å². The molecular formula is C23H16Cl2F7N3O3. The Balaban J connectivity index is 1.58. The standard InChI is InChI=1S/C23H16Cl2F7N3O3/c24-15-6-13(5-14(19(15)25)22(27,28)29)21(23(30,31)32)8-16(34-38-21)11-1-3-12(4-2-11)20(26)9-35(10-20)18(37)7-17(33)36/h1-6H,7-10H2,(H2,33,36). The number of oxime groups is 1. The first-order chi connectivity index (χ1) is 17.5.